The number of nitriles is 1. The number of ether oxygens (including phenoxy) is 1. The number of hydrogen-bond acceptors (Lipinski definition) is 3. The third kappa shape index (κ3) is 5.58. The molecule has 0 fully saturated rings. The van der Waals surface area contributed by atoms with Crippen molar-refractivity contribution in [1.29, 1.82) is 5.26 Å². The van der Waals surface area contributed by atoms with Crippen LogP contribution in [0.3, 0.4) is 0 Å². The van der Waals surface area contributed by atoms with Gasteiger partial charge in [-0.1, -0.05) is 19.9 Å². The molecule has 1 rings (SSSR count). The highest BCUT2D eigenvalue weighted by Crippen LogP contribution is 2.22. The van der Waals surface area contributed by atoms with Gasteiger partial charge in [-0.2, -0.15) is 5.26 Å². The molecule has 0 heterocycles. The number of halogens is 1. The molecule has 0 aliphatic heterocycles. The summed E-state index contributed by atoms with van der Waals surface area (Å²) >= 11 is 0. The lowest BCUT2D eigenvalue weighted by Gasteiger charge is -2.16. The highest BCUT2D eigenvalue weighted by atomic mass is 19.1. The van der Waals surface area contributed by atoms with Crippen molar-refractivity contribution in [1.82, 2.24) is 5.32 Å². The predicted octanol–water partition coefficient (Wildman–Crippen LogP) is 3.64. The molecule has 1 aromatic rings. The highest BCUT2D eigenvalue weighted by molar-refractivity contribution is 5.29. The van der Waals surface area contributed by atoms with Crippen LogP contribution in [-0.4, -0.2) is 12.6 Å². The number of benzene rings is 1. The summed E-state index contributed by atoms with van der Waals surface area (Å²) in [5, 5.41) is 12.1. The molecule has 1 N–H and O–H groups in total. The van der Waals surface area contributed by atoms with Gasteiger partial charge in [0.15, 0.2) is 11.6 Å². The quantitative estimate of drug-likeness (QED) is 0.828. The molecule has 0 saturated carbocycles. The van der Waals surface area contributed by atoms with Crippen LogP contribution in [0.25, 0.3) is 0 Å². The van der Waals surface area contributed by atoms with E-state index >= 15 is 0 Å². The molecule has 0 amide bonds. The van der Waals surface area contributed by atoms with Gasteiger partial charge in [0.25, 0.3) is 0 Å². The number of rotatable bonds is 7. The molecule has 0 atom stereocenters. The van der Waals surface area contributed by atoms with Gasteiger partial charge in [0, 0.05) is 12.6 Å². The van der Waals surface area contributed by atoms with Gasteiger partial charge in [0.05, 0.1) is 18.1 Å². The molecule has 0 aliphatic rings. The highest BCUT2D eigenvalue weighted by Gasteiger charge is 2.16. The Hall–Kier alpha value is -1.60. The molecule has 0 bridgehead atoms. The minimum Gasteiger partial charge on any atom is -0.490 e. The normalized spacial score (nSPS) is 11.4. The van der Waals surface area contributed by atoms with Gasteiger partial charge in [-0.25, -0.2) is 4.39 Å². The van der Waals surface area contributed by atoms with Gasteiger partial charge >= 0.3 is 0 Å². The van der Waals surface area contributed by atoms with Crippen molar-refractivity contribution < 1.29 is 9.13 Å². The third-order valence-corrected chi connectivity index (χ3v) is 3.00. The number of nitrogens with zero attached hydrogens (tertiary/aromatic N) is 1. The number of nitrogens with one attached hydrogen (secondary N) is 1. The Morgan fingerprint density at radius 2 is 2.10 bits per heavy atom. The Labute approximate surface area is 120 Å². The fourth-order valence-electron chi connectivity index (χ4n) is 1.57. The first kappa shape index (κ1) is 16.5. The van der Waals surface area contributed by atoms with Crippen molar-refractivity contribution in [2.45, 2.75) is 46.7 Å². The average Bonchev–Trinajstić information content (AvgIpc) is 2.38. The summed E-state index contributed by atoms with van der Waals surface area (Å²) in [6.45, 7) is 8.74. The van der Waals surface area contributed by atoms with Crippen LogP contribution in [0.2, 0.25) is 0 Å². The zero-order valence-corrected chi connectivity index (χ0v) is 12.7. The Bertz CT molecular complexity index is 478. The van der Waals surface area contributed by atoms with Gasteiger partial charge in [0.1, 0.15) is 0 Å². The van der Waals surface area contributed by atoms with Crippen LogP contribution >= 0.6 is 0 Å². The Balaban J connectivity index is 2.54. The summed E-state index contributed by atoms with van der Waals surface area (Å²) < 4.78 is 19.3. The number of hydrogen-bond donors (Lipinski definition) is 1. The van der Waals surface area contributed by atoms with E-state index < -0.39 is 5.41 Å². The monoisotopic (exact) mass is 278 g/mol. The predicted molar refractivity (Wildman–Crippen MR) is 77.9 cm³/mol. The lowest BCUT2D eigenvalue weighted by Crippen LogP contribution is -2.21. The second-order valence-electron chi connectivity index (χ2n) is 5.89. The zero-order valence-electron chi connectivity index (χ0n) is 12.7. The zero-order chi connectivity index (χ0) is 15.2. The lowest BCUT2D eigenvalue weighted by molar-refractivity contribution is 0.254. The molecule has 0 saturated heterocycles. The summed E-state index contributed by atoms with van der Waals surface area (Å²) in [4.78, 5) is 0. The molecule has 110 valence electrons. The molecule has 3 nitrogen and oxygen atoms in total. The maximum Gasteiger partial charge on any atom is 0.165 e. The third-order valence-electron chi connectivity index (χ3n) is 3.00. The van der Waals surface area contributed by atoms with Crippen LogP contribution in [0.1, 0.15) is 39.7 Å². The van der Waals surface area contributed by atoms with E-state index in [0.717, 1.165) is 5.56 Å². The molecule has 0 unspecified atom stereocenters. The molecular weight excluding hydrogens is 255 g/mol. The standard InChI is InChI=1S/C16H23FN2O/c1-12(2)19-10-13-5-6-15(14(17)9-13)20-8-7-16(3,4)11-18/h5-6,9,12,19H,7-8,10H2,1-4H3. The molecule has 0 spiro atoms. The van der Waals surface area contributed by atoms with Crippen molar-refractivity contribution in [2.75, 3.05) is 6.61 Å². The SMILES string of the molecule is CC(C)NCc1ccc(OCCC(C)(C)C#N)c(F)c1. The largest absolute Gasteiger partial charge is 0.490 e. The van der Waals surface area contributed by atoms with E-state index in [2.05, 4.69) is 11.4 Å². The Kier molecular flexibility index (Phi) is 5.97. The van der Waals surface area contributed by atoms with E-state index in [0.29, 0.717) is 25.6 Å². The van der Waals surface area contributed by atoms with Gasteiger partial charge in [-0.05, 0) is 38.0 Å². The molecule has 0 aromatic heterocycles. The molecule has 4 heteroatoms. The minimum atomic E-state index is -0.447. The van der Waals surface area contributed by atoms with E-state index in [1.165, 1.54) is 6.07 Å². The van der Waals surface area contributed by atoms with Crippen LogP contribution in [-0.2, 0) is 6.54 Å². The van der Waals surface area contributed by atoms with Crippen LogP contribution in [0.5, 0.6) is 5.75 Å². The van der Waals surface area contributed by atoms with Crippen molar-refractivity contribution >= 4 is 0 Å². The molecule has 1 aromatic carbocycles. The summed E-state index contributed by atoms with van der Waals surface area (Å²) in [5.74, 6) is -0.116. The first-order valence-electron chi connectivity index (χ1n) is 6.90. The lowest BCUT2D eigenvalue weighted by atomic mass is 9.92. The van der Waals surface area contributed by atoms with E-state index in [1.54, 1.807) is 6.07 Å². The van der Waals surface area contributed by atoms with Crippen molar-refractivity contribution in [3.8, 4) is 11.8 Å². The molecular formula is C16H23FN2O. The summed E-state index contributed by atoms with van der Waals surface area (Å²) in [6.07, 6.45) is 0.569. The molecule has 0 aliphatic carbocycles. The summed E-state index contributed by atoms with van der Waals surface area (Å²) in [5.41, 5.74) is 0.443. The van der Waals surface area contributed by atoms with Crippen LogP contribution in [0.4, 0.5) is 4.39 Å². The maximum atomic E-state index is 13.9. The van der Waals surface area contributed by atoms with Gasteiger partial charge < -0.3 is 10.1 Å². The fourth-order valence-corrected chi connectivity index (χ4v) is 1.57. The second-order valence-corrected chi connectivity index (χ2v) is 5.89. The van der Waals surface area contributed by atoms with E-state index in [-0.39, 0.29) is 11.6 Å². The fraction of sp³-hybridized carbons (Fsp3) is 0.562. The van der Waals surface area contributed by atoms with E-state index in [9.17, 15) is 4.39 Å². The molecule has 20 heavy (non-hydrogen) atoms. The first-order chi connectivity index (χ1) is 9.34. The van der Waals surface area contributed by atoms with Crippen LogP contribution in [0, 0.1) is 22.6 Å². The minimum absolute atomic E-state index is 0.243. The van der Waals surface area contributed by atoms with Crippen molar-refractivity contribution in [3.63, 3.8) is 0 Å². The van der Waals surface area contributed by atoms with Crippen molar-refractivity contribution in [2.24, 2.45) is 5.41 Å². The Morgan fingerprint density at radius 3 is 2.65 bits per heavy atom. The van der Waals surface area contributed by atoms with Crippen molar-refractivity contribution in [3.05, 3.63) is 29.6 Å². The van der Waals surface area contributed by atoms with Crippen LogP contribution < -0.4 is 10.1 Å². The van der Waals surface area contributed by atoms with E-state index in [4.69, 9.17) is 10.00 Å². The van der Waals surface area contributed by atoms with Crippen LogP contribution in [0.15, 0.2) is 18.2 Å². The topological polar surface area (TPSA) is 45.0 Å². The Morgan fingerprint density at radius 1 is 1.40 bits per heavy atom. The maximum absolute atomic E-state index is 13.9. The summed E-state index contributed by atoms with van der Waals surface area (Å²) in [6, 6.07) is 7.54. The smallest absolute Gasteiger partial charge is 0.165 e. The van der Waals surface area contributed by atoms with Gasteiger partial charge in [0.2, 0.25) is 0 Å². The second kappa shape index (κ2) is 7.25. The van der Waals surface area contributed by atoms with E-state index in [1.807, 2.05) is 33.8 Å². The summed E-state index contributed by atoms with van der Waals surface area (Å²) in [7, 11) is 0. The first-order valence-corrected chi connectivity index (χ1v) is 6.90. The molecule has 0 radical (unpaired) electrons. The average molecular weight is 278 g/mol. The van der Waals surface area contributed by atoms with Gasteiger partial charge in [-0.15, -0.1) is 0 Å². The van der Waals surface area contributed by atoms with Gasteiger partial charge in [-0.3, -0.25) is 0 Å².